The molecule has 2 aromatic rings. The highest BCUT2D eigenvalue weighted by atomic mass is 35.5. The molecule has 0 bridgehead atoms. The van der Waals surface area contributed by atoms with E-state index in [0.717, 1.165) is 28.7 Å². The first kappa shape index (κ1) is 15.0. The molecule has 0 unspecified atom stereocenters. The third-order valence-electron chi connectivity index (χ3n) is 2.85. The number of nitrogens with two attached hydrogens (primary N) is 1. The first-order chi connectivity index (χ1) is 9.58. The van der Waals surface area contributed by atoms with Crippen molar-refractivity contribution in [1.29, 1.82) is 0 Å². The van der Waals surface area contributed by atoms with Crippen LogP contribution in [0.15, 0.2) is 30.3 Å². The van der Waals surface area contributed by atoms with Gasteiger partial charge in [0.15, 0.2) is 0 Å². The van der Waals surface area contributed by atoms with E-state index in [1.807, 2.05) is 37.4 Å². The Bertz CT molecular complexity index is 571. The molecule has 0 aliphatic heterocycles. The molecule has 0 fully saturated rings. The van der Waals surface area contributed by atoms with Crippen LogP contribution in [0.25, 0.3) is 0 Å². The van der Waals surface area contributed by atoms with Gasteiger partial charge in [0.05, 0.1) is 17.5 Å². The Morgan fingerprint density at radius 2 is 2.10 bits per heavy atom. The van der Waals surface area contributed by atoms with E-state index in [1.165, 1.54) is 4.88 Å². The Morgan fingerprint density at radius 1 is 1.30 bits per heavy atom. The maximum atomic E-state index is 5.96. The second-order valence-corrected chi connectivity index (χ2v) is 6.47. The molecule has 2 rings (SSSR count). The number of hydrogen-bond acceptors (Lipinski definition) is 4. The topological polar surface area (TPSA) is 38.5 Å². The van der Waals surface area contributed by atoms with Crippen LogP contribution in [0.3, 0.4) is 0 Å². The van der Waals surface area contributed by atoms with Crippen LogP contribution in [0, 0.1) is 0 Å². The number of halogens is 1. The van der Waals surface area contributed by atoms with Crippen molar-refractivity contribution < 1.29 is 4.74 Å². The summed E-state index contributed by atoms with van der Waals surface area (Å²) in [4.78, 5) is 3.35. The molecule has 108 valence electrons. The van der Waals surface area contributed by atoms with Crippen molar-refractivity contribution in [3.63, 3.8) is 0 Å². The van der Waals surface area contributed by atoms with Crippen LogP contribution in [-0.2, 0) is 6.54 Å². The summed E-state index contributed by atoms with van der Waals surface area (Å²) in [6, 6.07) is 9.79. The molecule has 0 atom stereocenters. The van der Waals surface area contributed by atoms with Gasteiger partial charge < -0.3 is 15.4 Å². The molecule has 0 amide bonds. The highest BCUT2D eigenvalue weighted by Crippen LogP contribution is 2.28. The third-order valence-corrected chi connectivity index (χ3v) is 4.07. The van der Waals surface area contributed by atoms with E-state index in [1.54, 1.807) is 11.3 Å². The molecule has 1 aromatic heterocycles. The molecule has 0 spiro atoms. The lowest BCUT2D eigenvalue weighted by Gasteiger charge is -2.20. The number of benzene rings is 1. The molecule has 0 radical (unpaired) electrons. The van der Waals surface area contributed by atoms with Crippen LogP contribution < -0.4 is 15.4 Å². The molecule has 3 nitrogen and oxygen atoms in total. The van der Waals surface area contributed by atoms with Gasteiger partial charge in [-0.05, 0) is 24.6 Å². The van der Waals surface area contributed by atoms with Crippen molar-refractivity contribution in [2.75, 3.05) is 24.3 Å². The summed E-state index contributed by atoms with van der Waals surface area (Å²) in [5, 5.41) is 0. The lowest BCUT2D eigenvalue weighted by Crippen LogP contribution is -2.15. The van der Waals surface area contributed by atoms with Gasteiger partial charge in [-0.3, -0.25) is 0 Å². The lowest BCUT2D eigenvalue weighted by atomic mass is 10.2. The minimum absolute atomic E-state index is 0.702. The Morgan fingerprint density at radius 3 is 2.75 bits per heavy atom. The molecule has 0 saturated heterocycles. The zero-order valence-electron chi connectivity index (χ0n) is 11.7. The van der Waals surface area contributed by atoms with Crippen LogP contribution >= 0.6 is 22.9 Å². The summed E-state index contributed by atoms with van der Waals surface area (Å²) in [5.74, 6) is 0.818. The fourth-order valence-electron chi connectivity index (χ4n) is 1.89. The molecular formula is C15H19ClN2OS. The summed E-state index contributed by atoms with van der Waals surface area (Å²) in [6.07, 6.45) is 0.980. The quantitative estimate of drug-likeness (QED) is 0.803. The molecule has 2 N–H and O–H groups in total. The van der Waals surface area contributed by atoms with Gasteiger partial charge >= 0.3 is 0 Å². The average molecular weight is 311 g/mol. The number of anilines is 2. The van der Waals surface area contributed by atoms with Gasteiger partial charge in [0.2, 0.25) is 0 Å². The molecule has 0 saturated carbocycles. The van der Waals surface area contributed by atoms with Crippen molar-refractivity contribution in [2.24, 2.45) is 0 Å². The molecule has 1 aromatic carbocycles. The second kappa shape index (κ2) is 6.86. The van der Waals surface area contributed by atoms with Crippen LogP contribution in [-0.4, -0.2) is 13.7 Å². The van der Waals surface area contributed by atoms with Gasteiger partial charge in [0, 0.05) is 35.4 Å². The number of nitrogen functional groups attached to an aromatic ring is 1. The highest BCUT2D eigenvalue weighted by molar-refractivity contribution is 7.16. The Labute approximate surface area is 128 Å². The minimum atomic E-state index is 0.702. The van der Waals surface area contributed by atoms with E-state index in [0.29, 0.717) is 12.3 Å². The van der Waals surface area contributed by atoms with E-state index >= 15 is 0 Å². The highest BCUT2D eigenvalue weighted by Gasteiger charge is 2.07. The van der Waals surface area contributed by atoms with E-state index in [-0.39, 0.29) is 0 Å². The Hall–Kier alpha value is -1.39. The van der Waals surface area contributed by atoms with Crippen LogP contribution in [0.5, 0.6) is 5.75 Å². The van der Waals surface area contributed by atoms with Crippen molar-refractivity contribution in [1.82, 2.24) is 0 Å². The monoisotopic (exact) mass is 310 g/mol. The molecule has 0 aliphatic rings. The molecular weight excluding hydrogens is 292 g/mol. The lowest BCUT2D eigenvalue weighted by molar-refractivity contribution is 0.317. The normalized spacial score (nSPS) is 10.6. The second-order valence-electron chi connectivity index (χ2n) is 4.67. The predicted octanol–water partition coefficient (Wildman–Crippen LogP) is 4.41. The largest absolute Gasteiger partial charge is 0.493 e. The predicted molar refractivity (Wildman–Crippen MR) is 88.1 cm³/mol. The Kier molecular flexibility index (Phi) is 5.15. The zero-order valence-corrected chi connectivity index (χ0v) is 13.3. The van der Waals surface area contributed by atoms with Crippen molar-refractivity contribution in [3.05, 3.63) is 39.5 Å². The number of ether oxygens (including phenoxy) is 1. The fraction of sp³-hybridized carbons (Fsp3) is 0.333. The summed E-state index contributed by atoms with van der Waals surface area (Å²) >= 11 is 7.55. The van der Waals surface area contributed by atoms with Gasteiger partial charge in [0.25, 0.3) is 0 Å². The molecule has 1 heterocycles. The van der Waals surface area contributed by atoms with E-state index in [2.05, 4.69) is 11.8 Å². The SMILES string of the molecule is CCCOc1cc(N)cc(N(C)Cc2ccc(Cl)s2)c1. The van der Waals surface area contributed by atoms with Crippen LogP contribution in [0.1, 0.15) is 18.2 Å². The van der Waals surface area contributed by atoms with Crippen LogP contribution in [0.4, 0.5) is 11.4 Å². The maximum Gasteiger partial charge on any atom is 0.123 e. The first-order valence-corrected chi connectivity index (χ1v) is 7.76. The zero-order chi connectivity index (χ0) is 14.5. The standard InChI is InChI=1S/C15H19ClN2OS/c1-3-6-19-13-8-11(17)7-12(9-13)18(2)10-14-4-5-15(16)20-14/h4-5,7-9H,3,6,10,17H2,1-2H3. The maximum absolute atomic E-state index is 5.96. The van der Waals surface area contributed by atoms with Crippen molar-refractivity contribution >= 4 is 34.3 Å². The first-order valence-electron chi connectivity index (χ1n) is 6.57. The summed E-state index contributed by atoms with van der Waals surface area (Å²) in [5.41, 5.74) is 7.70. The van der Waals surface area contributed by atoms with E-state index in [9.17, 15) is 0 Å². The third kappa shape index (κ3) is 4.05. The summed E-state index contributed by atoms with van der Waals surface area (Å²) in [7, 11) is 2.03. The smallest absolute Gasteiger partial charge is 0.123 e. The number of hydrogen-bond donors (Lipinski definition) is 1. The van der Waals surface area contributed by atoms with Crippen molar-refractivity contribution in [3.8, 4) is 5.75 Å². The van der Waals surface area contributed by atoms with Gasteiger partial charge in [-0.2, -0.15) is 0 Å². The summed E-state index contributed by atoms with van der Waals surface area (Å²) in [6.45, 7) is 3.58. The van der Waals surface area contributed by atoms with Gasteiger partial charge in [0.1, 0.15) is 5.75 Å². The molecule has 0 aliphatic carbocycles. The molecule has 20 heavy (non-hydrogen) atoms. The van der Waals surface area contributed by atoms with Crippen LogP contribution in [0.2, 0.25) is 4.34 Å². The van der Waals surface area contributed by atoms with Gasteiger partial charge in [-0.25, -0.2) is 0 Å². The van der Waals surface area contributed by atoms with E-state index in [4.69, 9.17) is 22.1 Å². The number of nitrogens with zero attached hydrogens (tertiary/aromatic N) is 1. The minimum Gasteiger partial charge on any atom is -0.493 e. The Balaban J connectivity index is 2.12. The molecule has 5 heteroatoms. The average Bonchev–Trinajstić information content (AvgIpc) is 2.81. The number of rotatable bonds is 6. The summed E-state index contributed by atoms with van der Waals surface area (Å²) < 4.78 is 6.47. The van der Waals surface area contributed by atoms with Crippen molar-refractivity contribution in [2.45, 2.75) is 19.9 Å². The van der Waals surface area contributed by atoms with Gasteiger partial charge in [-0.15, -0.1) is 11.3 Å². The van der Waals surface area contributed by atoms with E-state index < -0.39 is 0 Å². The fourth-order valence-corrected chi connectivity index (χ4v) is 3.03. The van der Waals surface area contributed by atoms with Gasteiger partial charge in [-0.1, -0.05) is 18.5 Å². The number of thiophene rings is 1.